The Morgan fingerprint density at radius 3 is 2.50 bits per heavy atom. The van der Waals surface area contributed by atoms with E-state index in [1.165, 1.54) is 0 Å². The highest BCUT2D eigenvalue weighted by Crippen LogP contribution is 2.35. The van der Waals surface area contributed by atoms with Gasteiger partial charge < -0.3 is 0 Å². The number of hydrogen-bond donors (Lipinski definition) is 0. The van der Waals surface area contributed by atoms with Crippen molar-refractivity contribution in [2.24, 2.45) is 11.8 Å². The summed E-state index contributed by atoms with van der Waals surface area (Å²) in [6.45, 7) is 7.76. The van der Waals surface area contributed by atoms with Crippen LogP contribution in [0, 0.1) is 18.8 Å². The van der Waals surface area contributed by atoms with Crippen molar-refractivity contribution < 1.29 is 13.2 Å². The smallest absolute Gasteiger partial charge is 0.202 e. The lowest BCUT2D eigenvalue weighted by Gasteiger charge is -2.30. The monoisotopic (exact) mass is 320 g/mol. The zero-order chi connectivity index (χ0) is 16.3. The van der Waals surface area contributed by atoms with Gasteiger partial charge in [-0.1, -0.05) is 37.6 Å². The Morgan fingerprint density at radius 2 is 1.91 bits per heavy atom. The third kappa shape index (κ3) is 3.49. The molecule has 0 spiro atoms. The number of benzene rings is 1. The molecule has 120 valence electrons. The van der Waals surface area contributed by atoms with Gasteiger partial charge in [-0.3, -0.25) is 4.79 Å². The molecular weight excluding hydrogens is 296 g/mol. The molecule has 3 nitrogen and oxygen atoms in total. The lowest BCUT2D eigenvalue weighted by Crippen LogP contribution is -2.29. The Bertz CT molecular complexity index is 656. The molecule has 1 fully saturated rings. The van der Waals surface area contributed by atoms with Crippen molar-refractivity contribution in [2.75, 3.05) is 0 Å². The van der Waals surface area contributed by atoms with Gasteiger partial charge in [0.25, 0.3) is 0 Å². The van der Waals surface area contributed by atoms with Crippen molar-refractivity contribution in [3.63, 3.8) is 0 Å². The fraction of sp³-hybridized carbons (Fsp3) is 0.500. The topological polar surface area (TPSA) is 51.2 Å². The molecule has 0 bridgehead atoms. The fourth-order valence-corrected chi connectivity index (χ4v) is 4.42. The number of allylic oxidation sites excluding steroid dienone is 1. The number of sulfone groups is 1. The van der Waals surface area contributed by atoms with Crippen LogP contribution >= 0.6 is 0 Å². The molecule has 0 radical (unpaired) electrons. The van der Waals surface area contributed by atoms with Gasteiger partial charge in [-0.15, -0.1) is 0 Å². The van der Waals surface area contributed by atoms with Crippen molar-refractivity contribution in [3.05, 3.63) is 41.3 Å². The number of rotatable bonds is 5. The second-order valence-corrected chi connectivity index (χ2v) is 8.25. The number of Topliss-reactive ketones (excluding diaryl/α,β-unsaturated/α-hetero) is 1. The number of ketones is 1. The number of hydrogen-bond acceptors (Lipinski definition) is 3. The maximum Gasteiger partial charge on any atom is 0.202 e. The van der Waals surface area contributed by atoms with E-state index in [0.717, 1.165) is 24.8 Å². The van der Waals surface area contributed by atoms with Gasteiger partial charge in [-0.25, -0.2) is 8.42 Å². The predicted molar refractivity (Wildman–Crippen MR) is 88.3 cm³/mol. The normalized spacial score (nSPS) is 22.5. The van der Waals surface area contributed by atoms with Crippen LogP contribution in [0.25, 0.3) is 0 Å². The Hall–Kier alpha value is -1.42. The van der Waals surface area contributed by atoms with Gasteiger partial charge in [-0.05, 0) is 44.2 Å². The van der Waals surface area contributed by atoms with E-state index in [1.54, 1.807) is 24.3 Å². The average molecular weight is 320 g/mol. The SMILES string of the molecule is C=C(C[C@H]1C(=O)CCC[C@@H]1CC)S(=O)(=O)c1ccc(C)cc1. The minimum absolute atomic E-state index is 0.162. The third-order valence-corrected chi connectivity index (χ3v) is 6.48. The molecular formula is C18H24O3S. The molecule has 2 atom stereocenters. The van der Waals surface area contributed by atoms with Crippen molar-refractivity contribution >= 4 is 15.6 Å². The van der Waals surface area contributed by atoms with Crippen LogP contribution in [-0.4, -0.2) is 14.2 Å². The minimum atomic E-state index is -3.56. The molecule has 1 saturated carbocycles. The summed E-state index contributed by atoms with van der Waals surface area (Å²) in [5.41, 5.74) is 1.01. The van der Waals surface area contributed by atoms with Gasteiger partial charge in [0.2, 0.25) is 9.84 Å². The van der Waals surface area contributed by atoms with Gasteiger partial charge in [-0.2, -0.15) is 0 Å². The van der Waals surface area contributed by atoms with E-state index in [1.807, 2.05) is 6.92 Å². The van der Waals surface area contributed by atoms with E-state index >= 15 is 0 Å². The van der Waals surface area contributed by atoms with E-state index < -0.39 is 9.84 Å². The summed E-state index contributed by atoms with van der Waals surface area (Å²) < 4.78 is 25.2. The Labute approximate surface area is 133 Å². The summed E-state index contributed by atoms with van der Waals surface area (Å²) in [5, 5.41) is 0. The zero-order valence-electron chi connectivity index (χ0n) is 13.3. The Morgan fingerprint density at radius 1 is 1.27 bits per heavy atom. The van der Waals surface area contributed by atoms with Gasteiger partial charge in [0.05, 0.1) is 4.90 Å². The van der Waals surface area contributed by atoms with Crippen LogP contribution in [-0.2, 0) is 14.6 Å². The third-order valence-electron chi connectivity index (χ3n) is 4.66. The highest BCUT2D eigenvalue weighted by molar-refractivity contribution is 7.95. The summed E-state index contributed by atoms with van der Waals surface area (Å²) in [5.74, 6) is 0.288. The van der Waals surface area contributed by atoms with Crippen LogP contribution in [0.3, 0.4) is 0 Å². The van der Waals surface area contributed by atoms with Crippen LogP contribution in [0.5, 0.6) is 0 Å². The second kappa shape index (κ2) is 6.78. The van der Waals surface area contributed by atoms with Crippen molar-refractivity contribution in [3.8, 4) is 0 Å². The molecule has 22 heavy (non-hydrogen) atoms. The van der Waals surface area contributed by atoms with Crippen molar-refractivity contribution in [1.29, 1.82) is 0 Å². The summed E-state index contributed by atoms with van der Waals surface area (Å²) in [6, 6.07) is 6.77. The van der Waals surface area contributed by atoms with E-state index in [9.17, 15) is 13.2 Å². The Balaban J connectivity index is 2.19. The first kappa shape index (κ1) is 16.9. The maximum atomic E-state index is 12.6. The van der Waals surface area contributed by atoms with Crippen LogP contribution in [0.4, 0.5) is 0 Å². The lowest BCUT2D eigenvalue weighted by molar-refractivity contribution is -0.126. The summed E-state index contributed by atoms with van der Waals surface area (Å²) >= 11 is 0. The van der Waals surface area contributed by atoms with Crippen LogP contribution in [0.2, 0.25) is 0 Å². The lowest BCUT2D eigenvalue weighted by atomic mass is 9.75. The molecule has 0 saturated heterocycles. The van der Waals surface area contributed by atoms with E-state index in [2.05, 4.69) is 13.5 Å². The predicted octanol–water partition coefficient (Wildman–Crippen LogP) is 4.07. The number of carbonyl (C=O) groups is 1. The average Bonchev–Trinajstić information content (AvgIpc) is 2.49. The van der Waals surface area contributed by atoms with Crippen LogP contribution in [0.15, 0.2) is 40.6 Å². The van der Waals surface area contributed by atoms with E-state index in [4.69, 9.17) is 0 Å². The molecule has 0 heterocycles. The number of carbonyl (C=O) groups excluding carboxylic acids is 1. The standard InChI is InChI=1S/C18H24O3S/c1-4-15-6-5-7-18(19)17(15)12-14(3)22(20,21)16-10-8-13(2)9-11-16/h8-11,15,17H,3-7,12H2,1-2H3/t15-,17+/m0/s1. The molecule has 1 aromatic carbocycles. The molecule has 0 aliphatic heterocycles. The first-order chi connectivity index (χ1) is 10.4. The largest absolute Gasteiger partial charge is 0.299 e. The van der Waals surface area contributed by atoms with Gasteiger partial charge in [0.1, 0.15) is 5.78 Å². The van der Waals surface area contributed by atoms with Crippen LogP contribution in [0.1, 0.15) is 44.6 Å². The Kier molecular flexibility index (Phi) is 5.22. The molecule has 1 aliphatic rings. The molecule has 0 aromatic heterocycles. The summed E-state index contributed by atoms with van der Waals surface area (Å²) in [6.07, 6.45) is 3.66. The second-order valence-electron chi connectivity index (χ2n) is 6.19. The van der Waals surface area contributed by atoms with Crippen LogP contribution < -0.4 is 0 Å². The first-order valence-corrected chi connectivity index (χ1v) is 9.36. The summed E-state index contributed by atoms with van der Waals surface area (Å²) in [7, 11) is -3.56. The first-order valence-electron chi connectivity index (χ1n) is 7.88. The molecule has 0 amide bonds. The van der Waals surface area contributed by atoms with Gasteiger partial charge >= 0.3 is 0 Å². The van der Waals surface area contributed by atoms with E-state index in [-0.39, 0.29) is 33.8 Å². The van der Waals surface area contributed by atoms with Crippen molar-refractivity contribution in [1.82, 2.24) is 0 Å². The molecule has 1 aliphatic carbocycles. The molecule has 2 rings (SSSR count). The number of aryl methyl sites for hydroxylation is 1. The quantitative estimate of drug-likeness (QED) is 0.822. The summed E-state index contributed by atoms with van der Waals surface area (Å²) in [4.78, 5) is 12.6. The fourth-order valence-electron chi connectivity index (χ4n) is 3.20. The van der Waals surface area contributed by atoms with E-state index in [0.29, 0.717) is 6.42 Å². The maximum absolute atomic E-state index is 12.6. The zero-order valence-corrected chi connectivity index (χ0v) is 14.2. The van der Waals surface area contributed by atoms with Gasteiger partial charge in [0.15, 0.2) is 0 Å². The molecule has 0 unspecified atom stereocenters. The molecule has 1 aromatic rings. The molecule has 0 N–H and O–H groups in total. The highest BCUT2D eigenvalue weighted by atomic mass is 32.2. The molecule has 4 heteroatoms. The minimum Gasteiger partial charge on any atom is -0.299 e. The van der Waals surface area contributed by atoms with Gasteiger partial charge in [0, 0.05) is 17.2 Å². The van der Waals surface area contributed by atoms with Crippen molar-refractivity contribution in [2.45, 2.75) is 50.8 Å². The highest BCUT2D eigenvalue weighted by Gasteiger charge is 2.33.